The molecule has 0 spiro atoms. The predicted molar refractivity (Wildman–Crippen MR) is 73.5 cm³/mol. The molecule has 0 aromatic heterocycles. The minimum atomic E-state index is -4.65. The molecule has 106 valence electrons. The molecule has 2 aromatic carbocycles. The topological polar surface area (TPSA) is 20.2 Å². The van der Waals surface area contributed by atoms with Gasteiger partial charge in [0.25, 0.3) is 0 Å². The lowest BCUT2D eigenvalue weighted by Gasteiger charge is -2.24. The number of hydrogen-bond acceptors (Lipinski definition) is 2. The molecule has 0 saturated heterocycles. The summed E-state index contributed by atoms with van der Waals surface area (Å²) < 4.78 is 38.5. The molecule has 0 radical (unpaired) electrons. The van der Waals surface area contributed by atoms with Gasteiger partial charge in [0.05, 0.1) is 5.25 Å². The molecular formula is C15H13F3OS. The van der Waals surface area contributed by atoms with E-state index in [0.717, 1.165) is 11.8 Å². The molecule has 0 saturated carbocycles. The summed E-state index contributed by atoms with van der Waals surface area (Å²) in [6, 6.07) is 17.0. The Balaban J connectivity index is 2.30. The molecule has 0 amide bonds. The van der Waals surface area contributed by atoms with Gasteiger partial charge >= 0.3 is 6.18 Å². The largest absolute Gasteiger partial charge is 0.415 e. The first-order valence-corrected chi connectivity index (χ1v) is 6.88. The lowest BCUT2D eigenvalue weighted by Crippen LogP contribution is -2.33. The lowest BCUT2D eigenvalue weighted by molar-refractivity contribution is -0.203. The number of alkyl halides is 3. The van der Waals surface area contributed by atoms with E-state index < -0.39 is 17.5 Å². The Labute approximate surface area is 119 Å². The normalized spacial score (nSPS) is 14.8. The first kappa shape index (κ1) is 14.9. The van der Waals surface area contributed by atoms with Crippen LogP contribution in [0.15, 0.2) is 65.6 Å². The van der Waals surface area contributed by atoms with Gasteiger partial charge in [-0.1, -0.05) is 48.5 Å². The van der Waals surface area contributed by atoms with Crippen molar-refractivity contribution in [3.63, 3.8) is 0 Å². The monoisotopic (exact) mass is 298 g/mol. The standard InChI is InChI=1S/C15H13F3OS/c16-15(17,18)14(19)13(11-7-3-1-4-8-11)20-12-9-5-2-6-10-12/h1-10,13-14,19H/t13-,14+/m1/s1. The van der Waals surface area contributed by atoms with Gasteiger partial charge in [-0.05, 0) is 17.7 Å². The maximum absolute atomic E-state index is 12.8. The zero-order valence-electron chi connectivity index (χ0n) is 10.4. The minimum absolute atomic E-state index is 0.450. The number of thioether (sulfide) groups is 1. The highest BCUT2D eigenvalue weighted by atomic mass is 32.2. The van der Waals surface area contributed by atoms with Crippen molar-refractivity contribution in [3.05, 3.63) is 66.2 Å². The van der Waals surface area contributed by atoms with Crippen molar-refractivity contribution in [2.75, 3.05) is 0 Å². The van der Waals surface area contributed by atoms with Crippen molar-refractivity contribution < 1.29 is 18.3 Å². The van der Waals surface area contributed by atoms with Crippen LogP contribution in [0.3, 0.4) is 0 Å². The third-order valence-corrected chi connectivity index (χ3v) is 4.08. The second-order valence-electron chi connectivity index (χ2n) is 4.25. The Morgan fingerprint density at radius 2 is 1.35 bits per heavy atom. The number of benzene rings is 2. The quantitative estimate of drug-likeness (QED) is 0.842. The number of halogens is 3. The highest BCUT2D eigenvalue weighted by Crippen LogP contribution is 2.42. The van der Waals surface area contributed by atoms with Crippen LogP contribution in [-0.4, -0.2) is 17.4 Å². The number of hydrogen-bond donors (Lipinski definition) is 1. The summed E-state index contributed by atoms with van der Waals surface area (Å²) in [6.45, 7) is 0. The van der Waals surface area contributed by atoms with Crippen molar-refractivity contribution in [2.24, 2.45) is 0 Å². The molecule has 0 aliphatic carbocycles. The number of rotatable bonds is 4. The van der Waals surface area contributed by atoms with Gasteiger partial charge in [0.1, 0.15) is 0 Å². The van der Waals surface area contributed by atoms with Crippen LogP contribution in [0.1, 0.15) is 10.8 Å². The molecule has 1 N–H and O–H groups in total. The molecule has 2 atom stereocenters. The molecule has 0 bridgehead atoms. The van der Waals surface area contributed by atoms with Crippen molar-refractivity contribution in [1.82, 2.24) is 0 Å². The second kappa shape index (κ2) is 6.33. The van der Waals surface area contributed by atoms with Crippen molar-refractivity contribution in [2.45, 2.75) is 22.4 Å². The second-order valence-corrected chi connectivity index (χ2v) is 5.46. The molecular weight excluding hydrogens is 285 g/mol. The summed E-state index contributed by atoms with van der Waals surface area (Å²) in [4.78, 5) is 0.685. The van der Waals surface area contributed by atoms with E-state index >= 15 is 0 Å². The fourth-order valence-corrected chi connectivity index (χ4v) is 2.96. The SMILES string of the molecule is O[C@@H]([C@H](Sc1ccccc1)c1ccccc1)C(F)(F)F. The van der Waals surface area contributed by atoms with Gasteiger partial charge in [-0.25, -0.2) is 0 Å². The van der Waals surface area contributed by atoms with E-state index in [1.807, 2.05) is 0 Å². The molecule has 0 aliphatic rings. The van der Waals surface area contributed by atoms with Crippen LogP contribution >= 0.6 is 11.8 Å². The van der Waals surface area contributed by atoms with Gasteiger partial charge in [0, 0.05) is 4.90 Å². The molecule has 0 fully saturated rings. The highest BCUT2D eigenvalue weighted by molar-refractivity contribution is 7.99. The van der Waals surface area contributed by atoms with E-state index in [-0.39, 0.29) is 0 Å². The van der Waals surface area contributed by atoms with E-state index in [0.29, 0.717) is 10.5 Å². The maximum Gasteiger partial charge on any atom is 0.415 e. The number of aliphatic hydroxyl groups is 1. The molecule has 0 heterocycles. The van der Waals surface area contributed by atoms with Gasteiger partial charge in [0.15, 0.2) is 6.10 Å². The molecule has 0 unspecified atom stereocenters. The van der Waals surface area contributed by atoms with Gasteiger partial charge < -0.3 is 5.11 Å². The van der Waals surface area contributed by atoms with Crippen molar-refractivity contribution >= 4 is 11.8 Å². The Hall–Kier alpha value is -1.46. The van der Waals surface area contributed by atoms with E-state index in [1.165, 1.54) is 0 Å². The Morgan fingerprint density at radius 3 is 1.85 bits per heavy atom. The van der Waals surface area contributed by atoms with E-state index in [4.69, 9.17) is 0 Å². The summed E-state index contributed by atoms with van der Waals surface area (Å²) in [6.07, 6.45) is -7.06. The average Bonchev–Trinajstić information content (AvgIpc) is 2.45. The molecule has 2 rings (SSSR count). The zero-order valence-corrected chi connectivity index (χ0v) is 11.2. The lowest BCUT2D eigenvalue weighted by atomic mass is 10.1. The van der Waals surface area contributed by atoms with Gasteiger partial charge in [-0.3, -0.25) is 0 Å². The Kier molecular flexibility index (Phi) is 4.73. The molecule has 1 nitrogen and oxygen atoms in total. The molecule has 2 aromatic rings. The molecule has 20 heavy (non-hydrogen) atoms. The molecule has 0 aliphatic heterocycles. The van der Waals surface area contributed by atoms with Crippen molar-refractivity contribution in [1.29, 1.82) is 0 Å². The predicted octanol–water partition coefficient (Wildman–Crippen LogP) is 4.44. The van der Waals surface area contributed by atoms with Crippen LogP contribution in [-0.2, 0) is 0 Å². The average molecular weight is 298 g/mol. The molecule has 5 heteroatoms. The fourth-order valence-electron chi connectivity index (χ4n) is 1.77. The fraction of sp³-hybridized carbons (Fsp3) is 0.200. The van der Waals surface area contributed by atoms with Crippen molar-refractivity contribution in [3.8, 4) is 0 Å². The van der Waals surface area contributed by atoms with Crippen LogP contribution in [0.25, 0.3) is 0 Å². The summed E-state index contributed by atoms with van der Waals surface area (Å²) in [5.74, 6) is 0. The van der Waals surface area contributed by atoms with Crippen LogP contribution in [0, 0.1) is 0 Å². The van der Waals surface area contributed by atoms with Crippen LogP contribution in [0.4, 0.5) is 13.2 Å². The zero-order chi connectivity index (χ0) is 14.6. The first-order chi connectivity index (χ1) is 9.48. The van der Waals surface area contributed by atoms with Gasteiger partial charge in [0.2, 0.25) is 0 Å². The van der Waals surface area contributed by atoms with Crippen LogP contribution < -0.4 is 0 Å². The van der Waals surface area contributed by atoms with E-state index in [2.05, 4.69) is 0 Å². The summed E-state index contributed by atoms with van der Waals surface area (Å²) in [5.41, 5.74) is 0.450. The first-order valence-electron chi connectivity index (χ1n) is 6.00. The smallest absolute Gasteiger partial charge is 0.382 e. The van der Waals surface area contributed by atoms with Gasteiger partial charge in [-0.2, -0.15) is 13.2 Å². The highest BCUT2D eigenvalue weighted by Gasteiger charge is 2.44. The third kappa shape index (κ3) is 3.77. The summed E-state index contributed by atoms with van der Waals surface area (Å²) in [7, 11) is 0. The number of aliphatic hydroxyl groups excluding tert-OH is 1. The van der Waals surface area contributed by atoms with E-state index in [1.54, 1.807) is 60.7 Å². The summed E-state index contributed by atoms with van der Waals surface area (Å²) in [5, 5.41) is 8.53. The Morgan fingerprint density at radius 1 is 0.850 bits per heavy atom. The van der Waals surface area contributed by atoms with Crippen LogP contribution in [0.5, 0.6) is 0 Å². The van der Waals surface area contributed by atoms with Gasteiger partial charge in [-0.15, -0.1) is 11.8 Å². The summed E-state index contributed by atoms with van der Waals surface area (Å²) >= 11 is 1.01. The van der Waals surface area contributed by atoms with Crippen LogP contribution in [0.2, 0.25) is 0 Å². The Bertz CT molecular complexity index is 528. The van der Waals surface area contributed by atoms with E-state index in [9.17, 15) is 18.3 Å². The minimum Gasteiger partial charge on any atom is -0.382 e. The third-order valence-electron chi connectivity index (χ3n) is 2.76. The maximum atomic E-state index is 12.8.